The smallest absolute Gasteiger partial charge is 0.207 e. The number of nitrogens with zero attached hydrogens (tertiary/aromatic N) is 1. The van der Waals surface area contributed by atoms with Crippen molar-refractivity contribution in [1.82, 2.24) is 4.31 Å². The van der Waals surface area contributed by atoms with E-state index < -0.39 is 10.0 Å². The maximum absolute atomic E-state index is 13.5. The van der Waals surface area contributed by atoms with Gasteiger partial charge in [-0.2, -0.15) is 4.31 Å². The molecule has 164 valence electrons. The van der Waals surface area contributed by atoms with Gasteiger partial charge in [0.05, 0.1) is 4.90 Å². The fourth-order valence-corrected chi connectivity index (χ4v) is 5.35. The van der Waals surface area contributed by atoms with Crippen LogP contribution in [0.2, 0.25) is 0 Å². The van der Waals surface area contributed by atoms with E-state index >= 15 is 0 Å². The molecule has 0 amide bonds. The highest BCUT2D eigenvalue weighted by molar-refractivity contribution is 7.89. The maximum Gasteiger partial charge on any atom is 0.243 e. The quantitative estimate of drug-likeness (QED) is 0.508. The number of sulfonamides is 1. The summed E-state index contributed by atoms with van der Waals surface area (Å²) in [6.07, 6.45) is 0.439. The van der Waals surface area contributed by atoms with Gasteiger partial charge in [-0.3, -0.25) is 0 Å². The van der Waals surface area contributed by atoms with Gasteiger partial charge in [0, 0.05) is 13.1 Å². The van der Waals surface area contributed by atoms with Gasteiger partial charge in [-0.1, -0.05) is 48.5 Å². The van der Waals surface area contributed by atoms with E-state index in [9.17, 15) is 17.2 Å². The lowest BCUT2D eigenvalue weighted by Gasteiger charge is -2.31. The molecule has 1 aliphatic rings. The van der Waals surface area contributed by atoms with Crippen molar-refractivity contribution < 1.29 is 17.2 Å². The molecule has 0 bridgehead atoms. The highest BCUT2D eigenvalue weighted by Gasteiger charge is 2.30. The second-order valence-corrected chi connectivity index (χ2v) is 9.81. The predicted octanol–water partition coefficient (Wildman–Crippen LogP) is 5.73. The van der Waals surface area contributed by atoms with E-state index in [4.69, 9.17) is 0 Å². The lowest BCUT2D eigenvalue weighted by Crippen LogP contribution is -2.37. The summed E-state index contributed by atoms with van der Waals surface area (Å²) in [5, 5.41) is 0. The average Bonchev–Trinajstić information content (AvgIpc) is 2.77. The minimum Gasteiger partial charge on any atom is -0.207 e. The molecule has 32 heavy (non-hydrogen) atoms. The van der Waals surface area contributed by atoms with Crippen LogP contribution in [0.4, 0.5) is 8.78 Å². The van der Waals surface area contributed by atoms with Crippen LogP contribution >= 0.6 is 0 Å². The molecule has 6 heteroatoms. The molecule has 1 fully saturated rings. The number of aryl methyl sites for hydroxylation is 1. The molecule has 0 aliphatic carbocycles. The highest BCUT2D eigenvalue weighted by atomic mass is 32.2. The van der Waals surface area contributed by atoms with Crippen LogP contribution in [0.15, 0.2) is 95.4 Å². The molecule has 0 aromatic heterocycles. The lowest BCUT2D eigenvalue weighted by molar-refractivity contribution is 0.422. The highest BCUT2D eigenvalue weighted by Crippen LogP contribution is 2.36. The Labute approximate surface area is 187 Å². The predicted molar refractivity (Wildman–Crippen MR) is 123 cm³/mol. The third-order valence-electron chi connectivity index (χ3n) is 5.63. The van der Waals surface area contributed by atoms with E-state index in [-0.39, 0.29) is 29.6 Å². The Morgan fingerprint density at radius 2 is 1.34 bits per heavy atom. The fraction of sp³-hybridized carbons (Fsp3) is 0.154. The van der Waals surface area contributed by atoms with Crippen molar-refractivity contribution >= 4 is 15.6 Å². The van der Waals surface area contributed by atoms with Crippen LogP contribution in [0.25, 0.3) is 5.57 Å². The first-order valence-corrected chi connectivity index (χ1v) is 11.7. The number of hydrogen-bond donors (Lipinski definition) is 0. The van der Waals surface area contributed by atoms with Crippen molar-refractivity contribution in [3.8, 4) is 0 Å². The Bertz CT molecular complexity index is 1230. The molecule has 4 rings (SSSR count). The summed E-state index contributed by atoms with van der Waals surface area (Å²) in [6, 6.07) is 19.0. The Morgan fingerprint density at radius 1 is 0.844 bits per heavy atom. The monoisotopic (exact) mass is 451 g/mol. The Kier molecular flexibility index (Phi) is 6.09. The molecule has 0 radical (unpaired) electrons. The van der Waals surface area contributed by atoms with Gasteiger partial charge in [-0.25, -0.2) is 17.2 Å². The molecular weight excluding hydrogens is 428 g/mol. The van der Waals surface area contributed by atoms with Gasteiger partial charge < -0.3 is 0 Å². The zero-order valence-electron chi connectivity index (χ0n) is 17.7. The van der Waals surface area contributed by atoms with Crippen LogP contribution in [0.5, 0.6) is 0 Å². The van der Waals surface area contributed by atoms with Crippen molar-refractivity contribution in [3.63, 3.8) is 0 Å². The lowest BCUT2D eigenvalue weighted by atomic mass is 9.87. The summed E-state index contributed by atoms with van der Waals surface area (Å²) < 4.78 is 54.7. The maximum atomic E-state index is 13.5. The zero-order valence-corrected chi connectivity index (χ0v) is 18.5. The van der Waals surface area contributed by atoms with E-state index in [0.717, 1.165) is 27.8 Å². The molecule has 1 aliphatic heterocycles. The summed E-state index contributed by atoms with van der Waals surface area (Å²) >= 11 is 0. The van der Waals surface area contributed by atoms with Crippen LogP contribution in [0.3, 0.4) is 0 Å². The molecule has 0 saturated carbocycles. The molecule has 0 unspecified atom stereocenters. The number of benzene rings is 3. The van der Waals surface area contributed by atoms with Gasteiger partial charge >= 0.3 is 0 Å². The first-order valence-electron chi connectivity index (χ1n) is 10.3. The summed E-state index contributed by atoms with van der Waals surface area (Å²) in [5.74, 6) is -0.704. The van der Waals surface area contributed by atoms with Gasteiger partial charge in [0.2, 0.25) is 10.0 Å². The molecular formula is C26H23F2NO2S. The molecule has 1 heterocycles. The largest absolute Gasteiger partial charge is 0.243 e. The first-order chi connectivity index (χ1) is 15.3. The number of hydrogen-bond acceptors (Lipinski definition) is 2. The molecule has 0 atom stereocenters. The summed E-state index contributed by atoms with van der Waals surface area (Å²) in [6.45, 7) is 6.51. The van der Waals surface area contributed by atoms with Gasteiger partial charge in [-0.15, -0.1) is 0 Å². The topological polar surface area (TPSA) is 37.4 Å². The van der Waals surface area contributed by atoms with E-state index in [1.54, 1.807) is 48.5 Å². The average molecular weight is 452 g/mol. The normalized spacial score (nSPS) is 15.1. The van der Waals surface area contributed by atoms with Crippen molar-refractivity contribution in [3.05, 3.63) is 119 Å². The van der Waals surface area contributed by atoms with Crippen LogP contribution in [0, 0.1) is 18.6 Å². The number of halogens is 2. The second kappa shape index (κ2) is 8.81. The molecule has 3 nitrogen and oxygen atoms in total. The summed E-state index contributed by atoms with van der Waals surface area (Å²) in [4.78, 5) is 0.251. The van der Waals surface area contributed by atoms with E-state index in [0.29, 0.717) is 12.0 Å². The van der Waals surface area contributed by atoms with Crippen molar-refractivity contribution in [2.75, 3.05) is 13.1 Å². The molecule has 0 N–H and O–H groups in total. The minimum absolute atomic E-state index is 0.150. The van der Waals surface area contributed by atoms with Gasteiger partial charge in [-0.05, 0) is 77.6 Å². The van der Waals surface area contributed by atoms with Crippen LogP contribution in [0.1, 0.15) is 23.1 Å². The third kappa shape index (κ3) is 4.42. The fourth-order valence-electron chi connectivity index (χ4n) is 3.92. The van der Waals surface area contributed by atoms with Gasteiger partial charge in [0.1, 0.15) is 11.6 Å². The third-order valence-corrected chi connectivity index (χ3v) is 7.49. The molecule has 3 aromatic carbocycles. The summed E-state index contributed by atoms with van der Waals surface area (Å²) in [7, 11) is -3.65. The Hall–Kier alpha value is -3.09. The standard InChI is InChI=1S/C26H23F2NO2S/c1-18-3-13-24(14-4-18)32(30,31)29-16-15-25(19(2)17-29)26(20-5-9-22(27)10-6-20)21-7-11-23(28)12-8-21/h3-14H,2,15-17H2,1H3. The Balaban J connectivity index is 1.72. The zero-order chi connectivity index (χ0) is 22.9. The van der Waals surface area contributed by atoms with E-state index in [2.05, 4.69) is 6.58 Å². The first kappa shape index (κ1) is 22.1. The van der Waals surface area contributed by atoms with Crippen LogP contribution < -0.4 is 0 Å². The van der Waals surface area contributed by atoms with E-state index in [1.807, 2.05) is 6.92 Å². The Morgan fingerprint density at radius 3 is 1.81 bits per heavy atom. The minimum atomic E-state index is -3.65. The molecule has 3 aromatic rings. The van der Waals surface area contributed by atoms with Crippen molar-refractivity contribution in [1.29, 1.82) is 0 Å². The van der Waals surface area contributed by atoms with Crippen LogP contribution in [-0.4, -0.2) is 25.8 Å². The number of piperidine rings is 1. The van der Waals surface area contributed by atoms with Gasteiger partial charge in [0.15, 0.2) is 0 Å². The molecule has 0 spiro atoms. The van der Waals surface area contributed by atoms with Crippen LogP contribution in [-0.2, 0) is 10.0 Å². The summed E-state index contributed by atoms with van der Waals surface area (Å²) in [5.41, 5.74) is 4.88. The molecule has 1 saturated heterocycles. The second-order valence-electron chi connectivity index (χ2n) is 7.87. The van der Waals surface area contributed by atoms with Crippen molar-refractivity contribution in [2.45, 2.75) is 18.2 Å². The SMILES string of the molecule is C=C1CN(S(=O)(=O)c2ccc(C)cc2)CCC1=C(c1ccc(F)cc1)c1ccc(F)cc1. The van der Waals surface area contributed by atoms with Gasteiger partial charge in [0.25, 0.3) is 0 Å². The number of rotatable bonds is 4. The van der Waals surface area contributed by atoms with Crippen molar-refractivity contribution in [2.24, 2.45) is 0 Å². The van der Waals surface area contributed by atoms with E-state index in [1.165, 1.54) is 28.6 Å².